The highest BCUT2D eigenvalue weighted by Gasteiger charge is 2.20. The Morgan fingerprint density at radius 3 is 2.70 bits per heavy atom. The van der Waals surface area contributed by atoms with Crippen molar-refractivity contribution in [3.05, 3.63) is 27.2 Å². The number of aromatic carboxylic acids is 1. The predicted molar refractivity (Wildman–Crippen MR) is 77.8 cm³/mol. The molecule has 112 valence electrons. The molecule has 0 unspecified atom stereocenters. The largest absolute Gasteiger partial charge is 0.478 e. The van der Waals surface area contributed by atoms with Crippen LogP contribution in [0.4, 0.5) is 0 Å². The van der Waals surface area contributed by atoms with Gasteiger partial charge < -0.3 is 9.84 Å². The summed E-state index contributed by atoms with van der Waals surface area (Å²) in [6.45, 7) is 2.61. The number of carbonyl (C=O) groups is 1. The van der Waals surface area contributed by atoms with Gasteiger partial charge in [-0.05, 0) is 35.0 Å². The molecule has 0 saturated carbocycles. The van der Waals surface area contributed by atoms with Crippen molar-refractivity contribution in [2.24, 2.45) is 0 Å². The van der Waals surface area contributed by atoms with Gasteiger partial charge in [0.1, 0.15) is 0 Å². The van der Waals surface area contributed by atoms with Crippen molar-refractivity contribution in [1.82, 2.24) is 4.72 Å². The van der Waals surface area contributed by atoms with Crippen molar-refractivity contribution < 1.29 is 23.1 Å². The van der Waals surface area contributed by atoms with Gasteiger partial charge in [0.15, 0.2) is 0 Å². The molecule has 0 bridgehead atoms. The van der Waals surface area contributed by atoms with Gasteiger partial charge in [0.25, 0.3) is 0 Å². The second-order valence-corrected chi connectivity index (χ2v) is 6.67. The first-order chi connectivity index (χ1) is 9.29. The number of benzene rings is 1. The Morgan fingerprint density at radius 1 is 1.50 bits per heavy atom. The van der Waals surface area contributed by atoms with Gasteiger partial charge in [-0.3, -0.25) is 0 Å². The Kier molecular flexibility index (Phi) is 6.41. The van der Waals surface area contributed by atoms with Crippen molar-refractivity contribution in [2.45, 2.75) is 11.8 Å². The molecule has 0 spiro atoms. The molecule has 0 aliphatic carbocycles. The van der Waals surface area contributed by atoms with Gasteiger partial charge in [-0.15, -0.1) is 0 Å². The number of hydrogen-bond acceptors (Lipinski definition) is 4. The van der Waals surface area contributed by atoms with Crippen LogP contribution in [0.25, 0.3) is 0 Å². The minimum absolute atomic E-state index is 0.0502. The molecule has 0 aliphatic heterocycles. The van der Waals surface area contributed by atoms with Crippen LogP contribution in [0.15, 0.2) is 21.5 Å². The third kappa shape index (κ3) is 4.42. The average molecular weight is 387 g/mol. The number of hydrogen-bond donors (Lipinski definition) is 2. The highest BCUT2D eigenvalue weighted by Crippen LogP contribution is 2.29. The van der Waals surface area contributed by atoms with Crippen LogP contribution in [0.1, 0.15) is 17.3 Å². The Morgan fingerprint density at radius 2 is 2.15 bits per heavy atom. The highest BCUT2D eigenvalue weighted by molar-refractivity contribution is 9.10. The Hall–Kier alpha value is -0.670. The minimum Gasteiger partial charge on any atom is -0.478 e. The lowest BCUT2D eigenvalue weighted by atomic mass is 10.2. The molecule has 2 N–H and O–H groups in total. The molecule has 0 amide bonds. The van der Waals surface area contributed by atoms with Crippen LogP contribution in [0.2, 0.25) is 5.02 Å². The first-order valence-corrected chi connectivity index (χ1v) is 8.24. The zero-order chi connectivity index (χ0) is 15.3. The monoisotopic (exact) mass is 385 g/mol. The molecule has 0 heterocycles. The molecule has 0 fully saturated rings. The van der Waals surface area contributed by atoms with E-state index in [0.717, 1.165) is 6.07 Å². The third-order valence-electron chi connectivity index (χ3n) is 2.29. The summed E-state index contributed by atoms with van der Waals surface area (Å²) in [5, 5.41) is 8.94. The summed E-state index contributed by atoms with van der Waals surface area (Å²) in [4.78, 5) is 10.8. The normalized spacial score (nSPS) is 11.6. The van der Waals surface area contributed by atoms with Crippen LogP contribution >= 0.6 is 27.5 Å². The summed E-state index contributed by atoms with van der Waals surface area (Å²) < 4.78 is 31.6. The summed E-state index contributed by atoms with van der Waals surface area (Å²) in [5.41, 5.74) is -0.286. The van der Waals surface area contributed by atoms with E-state index in [1.54, 1.807) is 6.92 Å². The smallest absolute Gasteiger partial charge is 0.337 e. The molecular weight excluding hydrogens is 374 g/mol. The zero-order valence-corrected chi connectivity index (χ0v) is 13.7. The van der Waals surface area contributed by atoms with E-state index < -0.39 is 16.0 Å². The van der Waals surface area contributed by atoms with E-state index >= 15 is 0 Å². The molecule has 0 radical (unpaired) electrons. The van der Waals surface area contributed by atoms with Gasteiger partial charge in [-0.1, -0.05) is 11.6 Å². The molecule has 20 heavy (non-hydrogen) atoms. The highest BCUT2D eigenvalue weighted by atomic mass is 79.9. The van der Waals surface area contributed by atoms with E-state index in [4.69, 9.17) is 21.4 Å². The zero-order valence-electron chi connectivity index (χ0n) is 10.5. The molecular formula is C11H13BrClNO5S. The van der Waals surface area contributed by atoms with Crippen LogP contribution in [0.3, 0.4) is 0 Å². The Balaban J connectivity index is 3.04. The van der Waals surface area contributed by atoms with Crippen LogP contribution in [-0.4, -0.2) is 39.3 Å². The number of rotatable bonds is 7. The van der Waals surface area contributed by atoms with Gasteiger partial charge >= 0.3 is 5.97 Å². The fraction of sp³-hybridized carbons (Fsp3) is 0.364. The van der Waals surface area contributed by atoms with Crippen molar-refractivity contribution in [1.29, 1.82) is 0 Å². The van der Waals surface area contributed by atoms with Crippen LogP contribution in [-0.2, 0) is 14.8 Å². The summed E-state index contributed by atoms with van der Waals surface area (Å²) in [6.07, 6.45) is 0. The number of carboxylic acid groups (broad SMARTS) is 1. The lowest BCUT2D eigenvalue weighted by Crippen LogP contribution is -2.27. The van der Waals surface area contributed by atoms with Gasteiger partial charge in [0.05, 0.1) is 22.1 Å². The number of carboxylic acids is 1. The fourth-order valence-electron chi connectivity index (χ4n) is 1.35. The van der Waals surface area contributed by atoms with E-state index in [1.807, 2.05) is 0 Å². The molecule has 9 heteroatoms. The first kappa shape index (κ1) is 17.4. The van der Waals surface area contributed by atoms with Crippen molar-refractivity contribution in [3.63, 3.8) is 0 Å². The maximum atomic E-state index is 12.0. The van der Waals surface area contributed by atoms with Crippen LogP contribution in [0.5, 0.6) is 0 Å². The summed E-state index contributed by atoms with van der Waals surface area (Å²) >= 11 is 8.83. The second-order valence-electron chi connectivity index (χ2n) is 3.67. The average Bonchev–Trinajstić information content (AvgIpc) is 2.37. The molecule has 0 saturated heterocycles. The second kappa shape index (κ2) is 7.37. The van der Waals surface area contributed by atoms with Gasteiger partial charge in [0, 0.05) is 17.6 Å². The van der Waals surface area contributed by atoms with E-state index in [9.17, 15) is 13.2 Å². The SMILES string of the molecule is CCOCCNS(=O)(=O)c1cc(Br)c(Cl)c(C(=O)O)c1. The Bertz CT molecular complexity index is 605. The third-order valence-corrected chi connectivity index (χ3v) is 4.99. The standard InChI is InChI=1S/C11H13BrClNO5S/c1-2-19-4-3-14-20(17,18)7-5-8(11(15)16)10(13)9(12)6-7/h5-6,14H,2-4H2,1H3,(H,15,16). The van der Waals surface area contributed by atoms with E-state index in [1.165, 1.54) is 6.07 Å². The van der Waals surface area contributed by atoms with Gasteiger partial charge in [0.2, 0.25) is 10.0 Å². The van der Waals surface area contributed by atoms with Crippen LogP contribution in [0, 0.1) is 0 Å². The molecule has 1 aromatic carbocycles. The first-order valence-electron chi connectivity index (χ1n) is 5.59. The van der Waals surface area contributed by atoms with E-state index in [2.05, 4.69) is 20.7 Å². The topological polar surface area (TPSA) is 92.7 Å². The molecule has 1 aromatic rings. The van der Waals surface area contributed by atoms with Crippen molar-refractivity contribution in [2.75, 3.05) is 19.8 Å². The number of nitrogens with one attached hydrogen (secondary N) is 1. The maximum absolute atomic E-state index is 12.0. The molecule has 0 aromatic heterocycles. The molecule has 0 aliphatic rings. The summed E-state index contributed by atoms with van der Waals surface area (Å²) in [5.74, 6) is -1.30. The Labute approximate surface area is 130 Å². The lowest BCUT2D eigenvalue weighted by Gasteiger charge is -2.09. The van der Waals surface area contributed by atoms with E-state index in [-0.39, 0.29) is 33.1 Å². The predicted octanol–water partition coefficient (Wildman–Crippen LogP) is 2.12. The molecule has 0 atom stereocenters. The number of sulfonamides is 1. The lowest BCUT2D eigenvalue weighted by molar-refractivity contribution is 0.0696. The summed E-state index contributed by atoms with van der Waals surface area (Å²) in [6, 6.07) is 2.26. The maximum Gasteiger partial charge on any atom is 0.337 e. The fourth-order valence-corrected chi connectivity index (χ4v) is 3.22. The minimum atomic E-state index is -3.82. The van der Waals surface area contributed by atoms with Crippen molar-refractivity contribution >= 4 is 43.5 Å². The molecule has 1 rings (SSSR count). The van der Waals surface area contributed by atoms with Gasteiger partial charge in [-0.2, -0.15) is 0 Å². The summed E-state index contributed by atoms with van der Waals surface area (Å²) in [7, 11) is -3.82. The number of halogens is 2. The van der Waals surface area contributed by atoms with Crippen LogP contribution < -0.4 is 4.72 Å². The number of ether oxygens (including phenoxy) is 1. The van der Waals surface area contributed by atoms with Crippen molar-refractivity contribution in [3.8, 4) is 0 Å². The van der Waals surface area contributed by atoms with E-state index in [0.29, 0.717) is 6.61 Å². The van der Waals surface area contributed by atoms with Gasteiger partial charge in [-0.25, -0.2) is 17.9 Å². The molecule has 6 nitrogen and oxygen atoms in total. The quantitative estimate of drug-likeness (QED) is 0.700.